The van der Waals surface area contributed by atoms with Crippen molar-refractivity contribution in [1.29, 1.82) is 0 Å². The number of phenolic OH excluding ortho intramolecular Hbond substituents is 1. The van der Waals surface area contributed by atoms with E-state index in [4.69, 9.17) is 9.90 Å². The van der Waals surface area contributed by atoms with Crippen LogP contribution in [0.15, 0.2) is 24.4 Å². The molecule has 0 saturated carbocycles. The molecule has 0 radical (unpaired) electrons. The van der Waals surface area contributed by atoms with Gasteiger partial charge in [0, 0.05) is 31.1 Å². The van der Waals surface area contributed by atoms with Gasteiger partial charge in [-0.25, -0.2) is 0 Å². The molecule has 0 unspecified atom stereocenters. The largest absolute Gasteiger partial charge is 0.501 e. The number of pyridine rings is 1. The smallest absolute Gasteiger partial charge is 0.313 e. The molecular formula is C17H21N3O5. The van der Waals surface area contributed by atoms with E-state index in [1.807, 2.05) is 6.07 Å². The van der Waals surface area contributed by atoms with Gasteiger partial charge in [0.2, 0.25) is 5.75 Å². The lowest BCUT2D eigenvalue weighted by molar-refractivity contribution is -0.385. The predicted octanol–water partition coefficient (Wildman–Crippen LogP) is 2.93. The normalized spacial score (nSPS) is 14.6. The number of carbonyl (C=O) groups is 1. The number of nitro groups is 1. The molecule has 0 spiro atoms. The fourth-order valence-corrected chi connectivity index (χ4v) is 2.91. The summed E-state index contributed by atoms with van der Waals surface area (Å²) in [5.74, 6) is -1.18. The Labute approximate surface area is 144 Å². The first kappa shape index (κ1) is 18.6. The van der Waals surface area contributed by atoms with Crippen LogP contribution in [0.1, 0.15) is 31.7 Å². The molecule has 3 rings (SSSR count). The van der Waals surface area contributed by atoms with E-state index < -0.39 is 10.9 Å². The molecule has 1 saturated heterocycles. The summed E-state index contributed by atoms with van der Waals surface area (Å²) in [5, 5.41) is 29.3. The van der Waals surface area contributed by atoms with Crippen molar-refractivity contribution in [2.45, 2.75) is 32.7 Å². The molecule has 0 amide bonds. The van der Waals surface area contributed by atoms with Crippen molar-refractivity contribution in [2.24, 2.45) is 0 Å². The highest BCUT2D eigenvalue weighted by atomic mass is 16.6. The van der Waals surface area contributed by atoms with Gasteiger partial charge in [-0.05, 0) is 37.6 Å². The number of hydrogen-bond acceptors (Lipinski definition) is 6. The third-order valence-corrected chi connectivity index (χ3v) is 3.97. The average molecular weight is 347 g/mol. The number of nitrogens with zero attached hydrogens (tertiary/aromatic N) is 3. The van der Waals surface area contributed by atoms with E-state index >= 15 is 0 Å². The van der Waals surface area contributed by atoms with Crippen LogP contribution in [0.25, 0.3) is 10.9 Å². The molecule has 25 heavy (non-hydrogen) atoms. The zero-order chi connectivity index (χ0) is 18.4. The van der Waals surface area contributed by atoms with Crippen molar-refractivity contribution in [1.82, 2.24) is 9.88 Å². The number of aromatic nitrogens is 1. The van der Waals surface area contributed by atoms with Gasteiger partial charge in [-0.15, -0.1) is 0 Å². The second-order valence-corrected chi connectivity index (χ2v) is 5.92. The van der Waals surface area contributed by atoms with E-state index in [0.29, 0.717) is 12.1 Å². The highest BCUT2D eigenvalue weighted by Crippen LogP contribution is 2.36. The van der Waals surface area contributed by atoms with Gasteiger partial charge in [-0.1, -0.05) is 12.5 Å². The molecule has 0 aliphatic carbocycles. The number of benzene rings is 1. The molecule has 2 N–H and O–H groups in total. The number of phenols is 1. The second-order valence-electron chi connectivity index (χ2n) is 5.92. The Morgan fingerprint density at radius 3 is 2.60 bits per heavy atom. The van der Waals surface area contributed by atoms with Crippen molar-refractivity contribution < 1.29 is 19.9 Å². The third kappa shape index (κ3) is 4.87. The van der Waals surface area contributed by atoms with Gasteiger partial charge in [-0.2, -0.15) is 0 Å². The van der Waals surface area contributed by atoms with Crippen LogP contribution >= 0.6 is 0 Å². The van der Waals surface area contributed by atoms with Crippen molar-refractivity contribution in [3.63, 3.8) is 0 Å². The number of fused-ring (bicyclic) bond motifs is 1. The molecule has 1 aliphatic heterocycles. The maximum atomic E-state index is 11.1. The first-order valence-electron chi connectivity index (χ1n) is 8.06. The summed E-state index contributed by atoms with van der Waals surface area (Å²) in [6.45, 7) is 3.76. The Balaban J connectivity index is 0.000000511. The number of hydrogen-bond donors (Lipinski definition) is 2. The molecule has 8 heteroatoms. The number of carboxylic acids is 1. The van der Waals surface area contributed by atoms with Gasteiger partial charge >= 0.3 is 5.69 Å². The fraction of sp³-hybridized carbons (Fsp3) is 0.412. The molecule has 1 aromatic heterocycles. The molecule has 2 heterocycles. The zero-order valence-electron chi connectivity index (χ0n) is 14.0. The summed E-state index contributed by atoms with van der Waals surface area (Å²) in [6.07, 6.45) is 5.11. The number of likely N-dealkylation sites (tertiary alicyclic amines) is 1. The standard InChI is InChI=1S/C15H17N3O3.C2H4O2/c19-15-13(18(20)21)9-11(10-17-7-2-1-3-8-17)12-5-4-6-16-14(12)15;1-2(3)4/h4-6,9,19H,1-3,7-8,10H2;1H3,(H,3,4). The quantitative estimate of drug-likeness (QED) is 0.647. The molecule has 2 aromatic rings. The minimum atomic E-state index is -0.833. The van der Waals surface area contributed by atoms with Crippen molar-refractivity contribution in [3.05, 3.63) is 40.1 Å². The molecule has 134 valence electrons. The summed E-state index contributed by atoms with van der Waals surface area (Å²) in [7, 11) is 0. The lowest BCUT2D eigenvalue weighted by Crippen LogP contribution is -2.29. The van der Waals surface area contributed by atoms with Crippen LogP contribution in [-0.4, -0.2) is 44.1 Å². The lowest BCUT2D eigenvalue weighted by Gasteiger charge is -2.26. The first-order chi connectivity index (χ1) is 11.9. The van der Waals surface area contributed by atoms with E-state index in [2.05, 4.69) is 9.88 Å². The fourth-order valence-electron chi connectivity index (χ4n) is 2.91. The molecule has 1 aliphatic rings. The Kier molecular flexibility index (Phi) is 6.24. The van der Waals surface area contributed by atoms with Gasteiger partial charge < -0.3 is 10.2 Å². The number of aromatic hydroxyl groups is 1. The summed E-state index contributed by atoms with van der Waals surface area (Å²) < 4.78 is 0. The maximum absolute atomic E-state index is 11.1. The van der Waals surface area contributed by atoms with Gasteiger partial charge in [0.25, 0.3) is 5.97 Å². The van der Waals surface area contributed by atoms with Crippen LogP contribution in [0, 0.1) is 10.1 Å². The SMILES string of the molecule is CC(=O)O.O=[N+]([O-])c1cc(CN2CCCCC2)c2cccnc2c1O. The van der Waals surface area contributed by atoms with Gasteiger partial charge in [0.1, 0.15) is 5.52 Å². The van der Waals surface area contributed by atoms with Gasteiger partial charge in [0.05, 0.1) is 4.92 Å². The molecular weight excluding hydrogens is 326 g/mol. The Bertz CT molecular complexity index is 768. The van der Waals surface area contributed by atoms with Crippen LogP contribution in [0.4, 0.5) is 5.69 Å². The van der Waals surface area contributed by atoms with Crippen molar-refractivity contribution in [2.75, 3.05) is 13.1 Å². The van der Waals surface area contributed by atoms with Crippen molar-refractivity contribution in [3.8, 4) is 5.75 Å². The Hall–Kier alpha value is -2.74. The molecule has 0 atom stereocenters. The monoisotopic (exact) mass is 347 g/mol. The van der Waals surface area contributed by atoms with E-state index in [-0.39, 0.29) is 11.4 Å². The van der Waals surface area contributed by atoms with E-state index in [1.54, 1.807) is 6.07 Å². The third-order valence-electron chi connectivity index (χ3n) is 3.97. The average Bonchev–Trinajstić information content (AvgIpc) is 2.57. The van der Waals surface area contributed by atoms with Crippen LogP contribution in [-0.2, 0) is 11.3 Å². The summed E-state index contributed by atoms with van der Waals surface area (Å²) in [5.41, 5.74) is 0.886. The highest BCUT2D eigenvalue weighted by molar-refractivity contribution is 5.90. The van der Waals surface area contributed by atoms with Crippen LogP contribution < -0.4 is 0 Å². The minimum absolute atomic E-state index is 0.270. The second kappa shape index (κ2) is 8.39. The van der Waals surface area contributed by atoms with Crippen LogP contribution in [0.2, 0.25) is 0 Å². The topological polar surface area (TPSA) is 117 Å². The van der Waals surface area contributed by atoms with Gasteiger partial charge in [-0.3, -0.25) is 24.8 Å². The van der Waals surface area contributed by atoms with E-state index in [1.165, 1.54) is 18.7 Å². The number of carboxylic acid groups (broad SMARTS) is 1. The molecule has 1 fully saturated rings. The number of piperidine rings is 1. The lowest BCUT2D eigenvalue weighted by atomic mass is 10.0. The van der Waals surface area contributed by atoms with Gasteiger partial charge in [0.15, 0.2) is 0 Å². The molecule has 0 bridgehead atoms. The predicted molar refractivity (Wildman–Crippen MR) is 92.5 cm³/mol. The molecule has 8 nitrogen and oxygen atoms in total. The highest BCUT2D eigenvalue weighted by Gasteiger charge is 2.22. The Morgan fingerprint density at radius 2 is 2.00 bits per heavy atom. The maximum Gasteiger partial charge on any atom is 0.313 e. The number of aliphatic carboxylic acids is 1. The summed E-state index contributed by atoms with van der Waals surface area (Å²) >= 11 is 0. The Morgan fingerprint density at radius 1 is 1.36 bits per heavy atom. The first-order valence-corrected chi connectivity index (χ1v) is 8.06. The minimum Gasteiger partial charge on any atom is -0.501 e. The van der Waals surface area contributed by atoms with E-state index in [0.717, 1.165) is 43.8 Å². The van der Waals surface area contributed by atoms with E-state index in [9.17, 15) is 15.2 Å². The van der Waals surface area contributed by atoms with Crippen LogP contribution in [0.5, 0.6) is 5.75 Å². The number of rotatable bonds is 3. The number of nitro benzene ring substituents is 1. The van der Waals surface area contributed by atoms with Crippen LogP contribution in [0.3, 0.4) is 0 Å². The van der Waals surface area contributed by atoms with Crippen molar-refractivity contribution >= 4 is 22.6 Å². The zero-order valence-corrected chi connectivity index (χ0v) is 14.0. The summed E-state index contributed by atoms with van der Waals surface area (Å²) in [6, 6.07) is 5.12. The molecule has 1 aromatic carbocycles. The summed E-state index contributed by atoms with van der Waals surface area (Å²) in [4.78, 5) is 26.0.